The van der Waals surface area contributed by atoms with Crippen LogP contribution in [-0.2, 0) is 0 Å². The first-order valence-corrected chi connectivity index (χ1v) is 10.4. The molecule has 6 aromatic rings. The zero-order valence-electron chi connectivity index (χ0n) is 15.6. The fraction of sp³-hybridized carbons (Fsp3) is 0. The normalized spacial score (nSPS) is 11.7. The summed E-state index contributed by atoms with van der Waals surface area (Å²) >= 11 is 1.90. The molecular formula is C26H17BS. The lowest BCUT2D eigenvalue weighted by molar-refractivity contribution is 1.75. The monoisotopic (exact) mass is 372 g/mol. The molecule has 0 radical (unpaired) electrons. The standard InChI is InChI=1S/C26H17BS/c27-17-14-23-18-7-2-1-6-16(18)12-13-19(23)24(15-17)22-10-5-9-21-20-8-3-4-11-25(20)28-26(21)22/h1-15H,27H2. The van der Waals surface area contributed by atoms with Crippen LogP contribution in [0.5, 0.6) is 0 Å². The molecule has 0 N–H and O–H groups in total. The van der Waals surface area contributed by atoms with Crippen molar-refractivity contribution in [2.75, 3.05) is 0 Å². The molecular weight excluding hydrogens is 355 g/mol. The van der Waals surface area contributed by atoms with Gasteiger partial charge in [-0.2, -0.15) is 0 Å². The minimum absolute atomic E-state index is 1.30. The van der Waals surface area contributed by atoms with Gasteiger partial charge in [0.15, 0.2) is 0 Å². The van der Waals surface area contributed by atoms with Crippen molar-refractivity contribution in [1.82, 2.24) is 0 Å². The molecule has 0 nitrogen and oxygen atoms in total. The van der Waals surface area contributed by atoms with E-state index in [-0.39, 0.29) is 0 Å². The number of hydrogen-bond acceptors (Lipinski definition) is 1. The van der Waals surface area contributed by atoms with Crippen LogP contribution in [0.25, 0.3) is 52.8 Å². The molecule has 0 spiro atoms. The van der Waals surface area contributed by atoms with E-state index >= 15 is 0 Å². The Morgan fingerprint density at radius 1 is 0.536 bits per heavy atom. The average molecular weight is 372 g/mol. The molecule has 5 aromatic carbocycles. The second-order valence-corrected chi connectivity index (χ2v) is 8.53. The molecule has 0 saturated carbocycles. The van der Waals surface area contributed by atoms with Crippen LogP contribution in [0.3, 0.4) is 0 Å². The van der Waals surface area contributed by atoms with Crippen molar-refractivity contribution in [3.8, 4) is 11.1 Å². The molecule has 2 heteroatoms. The van der Waals surface area contributed by atoms with Crippen molar-refractivity contribution in [2.45, 2.75) is 0 Å². The minimum atomic E-state index is 1.30. The highest BCUT2D eigenvalue weighted by molar-refractivity contribution is 7.26. The fourth-order valence-corrected chi connectivity index (χ4v) is 5.67. The van der Waals surface area contributed by atoms with E-state index in [1.54, 1.807) is 0 Å². The third-order valence-corrected chi connectivity index (χ3v) is 6.92. The Labute approximate surface area is 168 Å². The van der Waals surface area contributed by atoms with Gasteiger partial charge in [-0.15, -0.1) is 11.3 Å². The molecule has 0 saturated heterocycles. The van der Waals surface area contributed by atoms with Gasteiger partial charge in [-0.3, -0.25) is 0 Å². The van der Waals surface area contributed by atoms with Crippen molar-refractivity contribution in [3.63, 3.8) is 0 Å². The Hall–Kier alpha value is -3.10. The van der Waals surface area contributed by atoms with Gasteiger partial charge in [0.1, 0.15) is 7.85 Å². The summed E-state index contributed by atoms with van der Waals surface area (Å²) in [5, 5.41) is 8.00. The Kier molecular flexibility index (Phi) is 3.38. The summed E-state index contributed by atoms with van der Waals surface area (Å²) in [7, 11) is 2.20. The summed E-state index contributed by atoms with van der Waals surface area (Å²) in [6.07, 6.45) is 0. The summed E-state index contributed by atoms with van der Waals surface area (Å²) in [6.45, 7) is 0. The summed E-state index contributed by atoms with van der Waals surface area (Å²) < 4.78 is 2.73. The van der Waals surface area contributed by atoms with Crippen molar-refractivity contribution in [3.05, 3.63) is 91.0 Å². The van der Waals surface area contributed by atoms with Gasteiger partial charge in [0.2, 0.25) is 0 Å². The van der Waals surface area contributed by atoms with E-state index in [2.05, 4.69) is 98.8 Å². The lowest BCUT2D eigenvalue weighted by atomic mass is 9.86. The Bertz CT molecular complexity index is 1520. The van der Waals surface area contributed by atoms with E-state index in [1.807, 2.05) is 11.3 Å². The van der Waals surface area contributed by atoms with Crippen LogP contribution < -0.4 is 5.46 Å². The van der Waals surface area contributed by atoms with E-state index in [1.165, 1.54) is 58.3 Å². The van der Waals surface area contributed by atoms with Crippen molar-refractivity contribution in [1.29, 1.82) is 0 Å². The van der Waals surface area contributed by atoms with Gasteiger partial charge in [0, 0.05) is 25.7 Å². The maximum atomic E-state index is 2.34. The van der Waals surface area contributed by atoms with Gasteiger partial charge in [-0.05, 0) is 33.2 Å². The zero-order chi connectivity index (χ0) is 18.7. The first-order chi connectivity index (χ1) is 13.8. The van der Waals surface area contributed by atoms with Gasteiger partial charge in [-0.25, -0.2) is 0 Å². The van der Waals surface area contributed by atoms with Crippen LogP contribution in [-0.4, -0.2) is 7.85 Å². The first kappa shape index (κ1) is 15.9. The highest BCUT2D eigenvalue weighted by Crippen LogP contribution is 2.42. The van der Waals surface area contributed by atoms with Gasteiger partial charge in [-0.1, -0.05) is 90.4 Å². The van der Waals surface area contributed by atoms with Crippen molar-refractivity contribution < 1.29 is 0 Å². The van der Waals surface area contributed by atoms with Crippen LogP contribution >= 0.6 is 11.3 Å². The summed E-state index contributed by atoms with van der Waals surface area (Å²) in [5.74, 6) is 0. The van der Waals surface area contributed by atoms with E-state index in [9.17, 15) is 0 Å². The van der Waals surface area contributed by atoms with Crippen molar-refractivity contribution >= 4 is 66.4 Å². The third-order valence-electron chi connectivity index (χ3n) is 5.70. The van der Waals surface area contributed by atoms with Crippen LogP contribution in [0, 0.1) is 0 Å². The first-order valence-electron chi connectivity index (χ1n) is 9.62. The van der Waals surface area contributed by atoms with Crippen LogP contribution in [0.1, 0.15) is 0 Å². The molecule has 0 bridgehead atoms. The van der Waals surface area contributed by atoms with Crippen LogP contribution in [0.15, 0.2) is 91.0 Å². The van der Waals surface area contributed by atoms with Gasteiger partial charge < -0.3 is 0 Å². The van der Waals surface area contributed by atoms with E-state index in [0.29, 0.717) is 0 Å². The summed E-state index contributed by atoms with van der Waals surface area (Å²) in [6, 6.07) is 33.4. The molecule has 1 heterocycles. The molecule has 0 aliphatic heterocycles. The Balaban J connectivity index is 1.77. The van der Waals surface area contributed by atoms with E-state index in [4.69, 9.17) is 0 Å². The summed E-state index contributed by atoms with van der Waals surface area (Å²) in [5.41, 5.74) is 3.97. The maximum Gasteiger partial charge on any atom is 0.139 e. The average Bonchev–Trinajstić information content (AvgIpc) is 3.12. The fourth-order valence-electron chi connectivity index (χ4n) is 4.44. The molecule has 0 amide bonds. The molecule has 0 unspecified atom stereocenters. The molecule has 0 aliphatic rings. The second kappa shape index (κ2) is 5.95. The minimum Gasteiger partial charge on any atom is -0.135 e. The third kappa shape index (κ3) is 2.25. The highest BCUT2D eigenvalue weighted by Gasteiger charge is 2.13. The largest absolute Gasteiger partial charge is 0.139 e. The van der Waals surface area contributed by atoms with Gasteiger partial charge in [0.25, 0.3) is 0 Å². The topological polar surface area (TPSA) is 0 Å². The molecule has 0 aliphatic carbocycles. The van der Waals surface area contributed by atoms with Gasteiger partial charge >= 0.3 is 0 Å². The van der Waals surface area contributed by atoms with Crippen molar-refractivity contribution in [2.24, 2.45) is 0 Å². The van der Waals surface area contributed by atoms with Crippen LogP contribution in [0.4, 0.5) is 0 Å². The SMILES string of the molecule is Bc1cc(-c2cccc3c2sc2ccccc23)c2ccc3ccccc3c2c1. The quantitative estimate of drug-likeness (QED) is 0.235. The molecule has 0 atom stereocenters. The smallest absolute Gasteiger partial charge is 0.135 e. The number of fused-ring (bicyclic) bond motifs is 6. The predicted octanol–water partition coefficient (Wildman–Crippen LogP) is 6.29. The number of benzene rings is 5. The number of hydrogen-bond donors (Lipinski definition) is 0. The number of rotatable bonds is 1. The zero-order valence-corrected chi connectivity index (χ0v) is 16.4. The van der Waals surface area contributed by atoms with E-state index < -0.39 is 0 Å². The van der Waals surface area contributed by atoms with Crippen LogP contribution in [0.2, 0.25) is 0 Å². The molecule has 1 aromatic heterocycles. The van der Waals surface area contributed by atoms with E-state index in [0.717, 1.165) is 0 Å². The molecule has 28 heavy (non-hydrogen) atoms. The Morgan fingerprint density at radius 2 is 1.32 bits per heavy atom. The lowest BCUT2D eigenvalue weighted by Gasteiger charge is -2.12. The lowest BCUT2D eigenvalue weighted by Crippen LogP contribution is -2.02. The van der Waals surface area contributed by atoms with Gasteiger partial charge in [0.05, 0.1) is 0 Å². The molecule has 0 fully saturated rings. The summed E-state index contributed by atoms with van der Waals surface area (Å²) in [4.78, 5) is 0. The second-order valence-electron chi connectivity index (χ2n) is 7.47. The molecule has 130 valence electrons. The maximum absolute atomic E-state index is 2.34. The number of thiophene rings is 1. The predicted molar refractivity (Wildman–Crippen MR) is 128 cm³/mol. The highest BCUT2D eigenvalue weighted by atomic mass is 32.1. The molecule has 6 rings (SSSR count). The Morgan fingerprint density at radius 3 is 2.25 bits per heavy atom.